The van der Waals surface area contributed by atoms with E-state index >= 15 is 0 Å². The second-order valence-corrected chi connectivity index (χ2v) is 9.92. The Morgan fingerprint density at radius 3 is 2.65 bits per heavy atom. The van der Waals surface area contributed by atoms with E-state index in [1.54, 1.807) is 11.8 Å². The molecule has 0 bridgehead atoms. The maximum Gasteiger partial charge on any atom is 0.227 e. The lowest BCUT2D eigenvalue weighted by atomic mass is 9.94. The van der Waals surface area contributed by atoms with Crippen molar-refractivity contribution < 1.29 is 18.0 Å². The quantitative estimate of drug-likeness (QED) is 0.852. The van der Waals surface area contributed by atoms with Gasteiger partial charge >= 0.3 is 0 Å². The fraction of sp³-hybridized carbons (Fsp3) is 0.579. The molecule has 2 atom stereocenters. The highest BCUT2D eigenvalue weighted by Crippen LogP contribution is 2.25. The summed E-state index contributed by atoms with van der Waals surface area (Å²) < 4.78 is 23.4. The number of likely N-dealkylation sites (tertiary alicyclic amines) is 1. The lowest BCUT2D eigenvalue weighted by Crippen LogP contribution is -2.52. The molecule has 2 aliphatic heterocycles. The van der Waals surface area contributed by atoms with Crippen LogP contribution >= 0.6 is 0 Å². The molecule has 6 nitrogen and oxygen atoms in total. The van der Waals surface area contributed by atoms with Gasteiger partial charge in [0.25, 0.3) is 0 Å². The average molecular weight is 378 g/mol. The van der Waals surface area contributed by atoms with E-state index in [1.807, 2.05) is 30.3 Å². The topological polar surface area (TPSA) is 83.6 Å². The fourth-order valence-corrected chi connectivity index (χ4v) is 5.90. The number of nitrogens with one attached hydrogen (secondary N) is 1. The summed E-state index contributed by atoms with van der Waals surface area (Å²) in [4.78, 5) is 27.0. The molecule has 2 saturated heterocycles. The van der Waals surface area contributed by atoms with Gasteiger partial charge in [0.15, 0.2) is 9.84 Å². The highest BCUT2D eigenvalue weighted by Gasteiger charge is 2.41. The van der Waals surface area contributed by atoms with Crippen molar-refractivity contribution in [3.8, 4) is 0 Å². The van der Waals surface area contributed by atoms with Crippen molar-refractivity contribution in [3.05, 3.63) is 35.9 Å². The van der Waals surface area contributed by atoms with Crippen LogP contribution in [-0.2, 0) is 25.8 Å². The van der Waals surface area contributed by atoms with E-state index in [0.717, 1.165) is 18.4 Å². The number of piperidine rings is 1. The zero-order valence-corrected chi connectivity index (χ0v) is 15.9. The molecule has 3 rings (SSSR count). The molecule has 0 aliphatic carbocycles. The molecular formula is C19H26N2O4S. The van der Waals surface area contributed by atoms with Crippen LogP contribution in [0.2, 0.25) is 0 Å². The summed E-state index contributed by atoms with van der Waals surface area (Å²) >= 11 is 0. The third-order valence-corrected chi connectivity index (χ3v) is 7.17. The minimum atomic E-state index is -3.07. The number of benzene rings is 1. The van der Waals surface area contributed by atoms with Gasteiger partial charge in [0.1, 0.15) is 0 Å². The maximum absolute atomic E-state index is 12.7. The van der Waals surface area contributed by atoms with Crippen molar-refractivity contribution in [1.82, 2.24) is 10.2 Å². The Balaban J connectivity index is 1.57. The second kappa shape index (κ2) is 7.39. The number of rotatable bonds is 4. The van der Waals surface area contributed by atoms with Crippen LogP contribution in [0.3, 0.4) is 0 Å². The number of carbonyl (C=O) groups excluding carboxylic acids is 2. The molecule has 1 aromatic rings. The number of carbonyl (C=O) groups is 2. The first-order valence-corrected chi connectivity index (χ1v) is 10.9. The first kappa shape index (κ1) is 18.9. The molecule has 0 aromatic heterocycles. The molecule has 0 saturated carbocycles. The minimum absolute atomic E-state index is 0.00485. The molecule has 2 aliphatic rings. The van der Waals surface area contributed by atoms with Crippen molar-refractivity contribution in [3.63, 3.8) is 0 Å². The Labute approximate surface area is 154 Å². The summed E-state index contributed by atoms with van der Waals surface area (Å²) in [6.07, 6.45) is 2.30. The van der Waals surface area contributed by atoms with Crippen LogP contribution in [0.5, 0.6) is 0 Å². The minimum Gasteiger partial charge on any atom is -0.350 e. The van der Waals surface area contributed by atoms with Crippen molar-refractivity contribution in [2.45, 2.75) is 38.1 Å². The van der Waals surface area contributed by atoms with E-state index in [2.05, 4.69) is 5.32 Å². The molecular weight excluding hydrogens is 352 g/mol. The molecule has 1 aromatic carbocycles. The van der Waals surface area contributed by atoms with Gasteiger partial charge < -0.3 is 10.2 Å². The van der Waals surface area contributed by atoms with E-state index in [0.29, 0.717) is 25.9 Å². The van der Waals surface area contributed by atoms with Gasteiger partial charge in [0, 0.05) is 13.1 Å². The molecule has 0 unspecified atom stereocenters. The van der Waals surface area contributed by atoms with Crippen LogP contribution in [-0.4, -0.2) is 55.3 Å². The van der Waals surface area contributed by atoms with Crippen molar-refractivity contribution in [2.75, 3.05) is 24.6 Å². The number of nitrogens with zero attached hydrogens (tertiary/aromatic N) is 1. The fourth-order valence-electron chi connectivity index (χ4n) is 3.81. The second-order valence-electron chi connectivity index (χ2n) is 7.73. The average Bonchev–Trinajstić information content (AvgIpc) is 2.88. The monoisotopic (exact) mass is 378 g/mol. The van der Waals surface area contributed by atoms with E-state index in [9.17, 15) is 18.0 Å². The van der Waals surface area contributed by atoms with Gasteiger partial charge in [-0.1, -0.05) is 30.3 Å². The van der Waals surface area contributed by atoms with Gasteiger partial charge in [-0.25, -0.2) is 8.42 Å². The molecule has 7 heteroatoms. The normalized spacial score (nSPS) is 27.9. The molecule has 26 heavy (non-hydrogen) atoms. The Hall–Kier alpha value is -1.89. The Morgan fingerprint density at radius 2 is 2.00 bits per heavy atom. The predicted molar refractivity (Wildman–Crippen MR) is 99.3 cm³/mol. The van der Waals surface area contributed by atoms with Gasteiger partial charge in [-0.3, -0.25) is 9.59 Å². The van der Waals surface area contributed by atoms with Crippen molar-refractivity contribution in [2.24, 2.45) is 5.92 Å². The standard InChI is InChI=1S/C19H26N2O4S/c1-19(9-11-26(24,25)14-19)20-18(23)16-8-5-10-21(13-16)17(22)12-15-6-3-2-4-7-15/h2-4,6-7,16H,5,8-14H2,1H3,(H,20,23)/t16-,19-/m0/s1. The largest absolute Gasteiger partial charge is 0.350 e. The van der Waals surface area contributed by atoms with Crippen LogP contribution in [0.25, 0.3) is 0 Å². The molecule has 0 spiro atoms. The van der Waals surface area contributed by atoms with Crippen LogP contribution in [0, 0.1) is 5.92 Å². The number of hydrogen-bond donors (Lipinski definition) is 1. The molecule has 2 heterocycles. The van der Waals surface area contributed by atoms with E-state index < -0.39 is 15.4 Å². The lowest BCUT2D eigenvalue weighted by Gasteiger charge is -2.34. The maximum atomic E-state index is 12.7. The molecule has 0 radical (unpaired) electrons. The molecule has 142 valence electrons. The zero-order valence-electron chi connectivity index (χ0n) is 15.1. The number of amides is 2. The van der Waals surface area contributed by atoms with Crippen LogP contribution in [0.4, 0.5) is 0 Å². The van der Waals surface area contributed by atoms with Gasteiger partial charge in [0.2, 0.25) is 11.8 Å². The van der Waals surface area contributed by atoms with Gasteiger partial charge in [0.05, 0.1) is 29.4 Å². The highest BCUT2D eigenvalue weighted by atomic mass is 32.2. The summed E-state index contributed by atoms with van der Waals surface area (Å²) in [6, 6.07) is 9.58. The van der Waals surface area contributed by atoms with Gasteiger partial charge in [-0.05, 0) is 31.7 Å². The highest BCUT2D eigenvalue weighted by molar-refractivity contribution is 7.91. The lowest BCUT2D eigenvalue weighted by molar-refractivity contribution is -0.135. The Morgan fingerprint density at radius 1 is 1.27 bits per heavy atom. The smallest absolute Gasteiger partial charge is 0.227 e. The van der Waals surface area contributed by atoms with E-state index in [-0.39, 0.29) is 29.2 Å². The predicted octanol–water partition coefficient (Wildman–Crippen LogP) is 1.16. The first-order valence-electron chi connectivity index (χ1n) is 9.11. The SMILES string of the molecule is C[C@]1(NC(=O)[C@H]2CCCN(C(=O)Cc3ccccc3)C2)CCS(=O)(=O)C1. The number of sulfone groups is 1. The summed E-state index contributed by atoms with van der Waals surface area (Å²) in [5.41, 5.74) is 0.277. The van der Waals surface area contributed by atoms with Crippen LogP contribution in [0.15, 0.2) is 30.3 Å². The molecule has 1 N–H and O–H groups in total. The third kappa shape index (κ3) is 4.63. The van der Waals surface area contributed by atoms with E-state index in [1.165, 1.54) is 0 Å². The molecule has 2 fully saturated rings. The third-order valence-electron chi connectivity index (χ3n) is 5.27. The number of hydrogen-bond acceptors (Lipinski definition) is 4. The van der Waals surface area contributed by atoms with Gasteiger partial charge in [-0.15, -0.1) is 0 Å². The summed E-state index contributed by atoms with van der Waals surface area (Å²) in [6.45, 7) is 2.86. The van der Waals surface area contributed by atoms with Crippen molar-refractivity contribution >= 4 is 21.7 Å². The van der Waals surface area contributed by atoms with Crippen LogP contribution in [0.1, 0.15) is 31.7 Å². The van der Waals surface area contributed by atoms with Gasteiger partial charge in [-0.2, -0.15) is 0 Å². The summed E-state index contributed by atoms with van der Waals surface area (Å²) in [5, 5.41) is 2.93. The van der Waals surface area contributed by atoms with E-state index in [4.69, 9.17) is 0 Å². The Kier molecular flexibility index (Phi) is 5.37. The van der Waals surface area contributed by atoms with Crippen LogP contribution < -0.4 is 5.32 Å². The summed E-state index contributed by atoms with van der Waals surface area (Å²) in [5.74, 6) is -0.264. The first-order chi connectivity index (χ1) is 12.3. The summed E-state index contributed by atoms with van der Waals surface area (Å²) in [7, 11) is -3.07. The van der Waals surface area contributed by atoms with Crippen molar-refractivity contribution in [1.29, 1.82) is 0 Å². The molecule has 2 amide bonds. The Bertz CT molecular complexity index is 778. The zero-order chi connectivity index (χ0) is 18.8.